The van der Waals surface area contributed by atoms with Crippen LogP contribution >= 0.6 is 0 Å². The number of morpholine rings is 1. The number of carbonyl (C=O) groups excluding carboxylic acids is 2. The number of aliphatic hydroxyl groups is 1. The minimum atomic E-state index is -0.446. The molecular formula is C15H18N2O4. The van der Waals surface area contributed by atoms with Gasteiger partial charge >= 0.3 is 0 Å². The van der Waals surface area contributed by atoms with Gasteiger partial charge in [-0.2, -0.15) is 0 Å². The second kappa shape index (κ2) is 5.83. The SMILES string of the molecule is O=C1COC(c2ccc(NC(=O)C3CC3)cc2)C(CO)N1. The molecule has 0 spiro atoms. The van der Waals surface area contributed by atoms with Gasteiger partial charge in [0.15, 0.2) is 0 Å². The molecule has 1 aromatic rings. The topological polar surface area (TPSA) is 87.7 Å². The summed E-state index contributed by atoms with van der Waals surface area (Å²) in [5.41, 5.74) is 1.61. The third kappa shape index (κ3) is 3.22. The monoisotopic (exact) mass is 290 g/mol. The van der Waals surface area contributed by atoms with Crippen LogP contribution in [0.2, 0.25) is 0 Å². The molecule has 21 heavy (non-hydrogen) atoms. The number of rotatable bonds is 4. The van der Waals surface area contributed by atoms with Crippen molar-refractivity contribution in [3.63, 3.8) is 0 Å². The van der Waals surface area contributed by atoms with E-state index in [0.29, 0.717) is 0 Å². The highest BCUT2D eigenvalue weighted by molar-refractivity contribution is 5.94. The summed E-state index contributed by atoms with van der Waals surface area (Å²) in [5, 5.41) is 14.9. The highest BCUT2D eigenvalue weighted by Gasteiger charge is 2.31. The van der Waals surface area contributed by atoms with E-state index in [1.165, 1.54) is 0 Å². The van der Waals surface area contributed by atoms with Crippen molar-refractivity contribution in [2.45, 2.75) is 25.0 Å². The van der Waals surface area contributed by atoms with E-state index in [9.17, 15) is 14.7 Å². The van der Waals surface area contributed by atoms with Crippen LogP contribution in [-0.2, 0) is 14.3 Å². The molecule has 1 saturated carbocycles. The first kappa shape index (κ1) is 14.0. The van der Waals surface area contributed by atoms with Crippen molar-refractivity contribution in [1.29, 1.82) is 0 Å². The molecule has 6 nitrogen and oxygen atoms in total. The first-order valence-corrected chi connectivity index (χ1v) is 7.10. The molecule has 0 bridgehead atoms. The quantitative estimate of drug-likeness (QED) is 0.757. The van der Waals surface area contributed by atoms with Gasteiger partial charge in [0, 0.05) is 11.6 Å². The molecule has 3 rings (SSSR count). The number of benzene rings is 1. The van der Waals surface area contributed by atoms with Crippen molar-refractivity contribution in [3.05, 3.63) is 29.8 Å². The first-order valence-electron chi connectivity index (χ1n) is 7.10. The Morgan fingerprint density at radius 2 is 2.05 bits per heavy atom. The third-order valence-electron chi connectivity index (χ3n) is 3.76. The minimum absolute atomic E-state index is 0.0126. The highest BCUT2D eigenvalue weighted by atomic mass is 16.5. The van der Waals surface area contributed by atoms with E-state index in [1.807, 2.05) is 24.3 Å². The molecule has 1 heterocycles. The summed E-state index contributed by atoms with van der Waals surface area (Å²) >= 11 is 0. The van der Waals surface area contributed by atoms with Gasteiger partial charge in [0.25, 0.3) is 0 Å². The smallest absolute Gasteiger partial charge is 0.246 e. The van der Waals surface area contributed by atoms with Gasteiger partial charge < -0.3 is 20.5 Å². The Morgan fingerprint density at radius 3 is 2.67 bits per heavy atom. The standard InChI is InChI=1S/C15H18N2O4/c18-7-12-14(21-8-13(19)17-12)9-3-5-11(6-4-9)16-15(20)10-1-2-10/h3-6,10,12,14,18H,1-2,7-8H2,(H,16,20)(H,17,19). The average Bonchev–Trinajstić information content (AvgIpc) is 3.33. The van der Waals surface area contributed by atoms with Crippen molar-refractivity contribution in [2.24, 2.45) is 5.92 Å². The number of anilines is 1. The Morgan fingerprint density at radius 1 is 1.33 bits per heavy atom. The zero-order chi connectivity index (χ0) is 14.8. The average molecular weight is 290 g/mol. The fourth-order valence-electron chi connectivity index (χ4n) is 2.42. The maximum Gasteiger partial charge on any atom is 0.246 e. The van der Waals surface area contributed by atoms with Gasteiger partial charge in [0.05, 0.1) is 12.6 Å². The van der Waals surface area contributed by atoms with Crippen LogP contribution in [0.3, 0.4) is 0 Å². The number of nitrogens with one attached hydrogen (secondary N) is 2. The fraction of sp³-hybridized carbons (Fsp3) is 0.467. The van der Waals surface area contributed by atoms with Crippen molar-refractivity contribution < 1.29 is 19.4 Å². The molecule has 0 radical (unpaired) electrons. The fourth-order valence-corrected chi connectivity index (χ4v) is 2.42. The van der Waals surface area contributed by atoms with Gasteiger partial charge in [-0.25, -0.2) is 0 Å². The van der Waals surface area contributed by atoms with Crippen LogP contribution in [0.15, 0.2) is 24.3 Å². The van der Waals surface area contributed by atoms with Gasteiger partial charge in [0.1, 0.15) is 12.7 Å². The van der Waals surface area contributed by atoms with Gasteiger partial charge in [-0.05, 0) is 30.5 Å². The van der Waals surface area contributed by atoms with Crippen molar-refractivity contribution >= 4 is 17.5 Å². The summed E-state index contributed by atoms with van der Waals surface area (Å²) in [6, 6.07) is 6.85. The van der Waals surface area contributed by atoms with Crippen molar-refractivity contribution in [3.8, 4) is 0 Å². The zero-order valence-corrected chi connectivity index (χ0v) is 11.5. The van der Waals surface area contributed by atoms with Crippen LogP contribution < -0.4 is 10.6 Å². The maximum absolute atomic E-state index is 11.7. The van der Waals surface area contributed by atoms with Gasteiger partial charge in [-0.15, -0.1) is 0 Å². The number of ether oxygens (including phenoxy) is 1. The Hall–Kier alpha value is -1.92. The van der Waals surface area contributed by atoms with Crippen LogP contribution in [-0.4, -0.2) is 36.2 Å². The summed E-state index contributed by atoms with van der Waals surface area (Å²) in [6.07, 6.45) is 1.57. The zero-order valence-electron chi connectivity index (χ0n) is 11.5. The third-order valence-corrected chi connectivity index (χ3v) is 3.76. The van der Waals surface area contributed by atoms with Crippen LogP contribution in [0.25, 0.3) is 0 Å². The summed E-state index contributed by atoms with van der Waals surface area (Å²) in [7, 11) is 0. The summed E-state index contributed by atoms with van der Waals surface area (Å²) in [4.78, 5) is 22.9. The van der Waals surface area contributed by atoms with Crippen LogP contribution in [0.5, 0.6) is 0 Å². The lowest BCUT2D eigenvalue weighted by atomic mass is 10.0. The van der Waals surface area contributed by atoms with E-state index in [2.05, 4.69) is 10.6 Å². The van der Waals surface area contributed by atoms with E-state index >= 15 is 0 Å². The second-order valence-electron chi connectivity index (χ2n) is 5.47. The van der Waals surface area contributed by atoms with Crippen molar-refractivity contribution in [1.82, 2.24) is 5.32 Å². The minimum Gasteiger partial charge on any atom is -0.394 e. The molecule has 1 saturated heterocycles. The number of hydrogen-bond donors (Lipinski definition) is 3. The van der Waals surface area contributed by atoms with Crippen molar-refractivity contribution in [2.75, 3.05) is 18.5 Å². The van der Waals surface area contributed by atoms with E-state index in [1.54, 1.807) is 0 Å². The van der Waals surface area contributed by atoms with Gasteiger partial charge in [-0.3, -0.25) is 9.59 Å². The predicted molar refractivity (Wildman–Crippen MR) is 75.5 cm³/mol. The number of carbonyl (C=O) groups is 2. The Labute approximate surface area is 122 Å². The second-order valence-corrected chi connectivity index (χ2v) is 5.47. The largest absolute Gasteiger partial charge is 0.394 e. The Bertz CT molecular complexity index is 539. The summed E-state index contributed by atoms with van der Waals surface area (Å²) in [5.74, 6) is 0.0103. The highest BCUT2D eigenvalue weighted by Crippen LogP contribution is 2.30. The predicted octanol–water partition coefficient (Wildman–Crippen LogP) is 0.583. The Kier molecular flexibility index (Phi) is 3.90. The molecule has 112 valence electrons. The lowest BCUT2D eigenvalue weighted by molar-refractivity contribution is -0.138. The Balaban J connectivity index is 1.67. The molecule has 2 atom stereocenters. The van der Waals surface area contributed by atoms with E-state index in [-0.39, 0.29) is 37.0 Å². The molecule has 3 N–H and O–H groups in total. The molecule has 1 aromatic carbocycles. The van der Waals surface area contributed by atoms with E-state index in [4.69, 9.17) is 4.74 Å². The van der Waals surface area contributed by atoms with Gasteiger partial charge in [0.2, 0.25) is 11.8 Å². The molecule has 2 aliphatic rings. The first-order chi connectivity index (χ1) is 10.2. The molecule has 2 fully saturated rings. The van der Waals surface area contributed by atoms with E-state index < -0.39 is 6.04 Å². The number of amides is 2. The van der Waals surface area contributed by atoms with Crippen LogP contribution in [0.4, 0.5) is 5.69 Å². The molecule has 2 amide bonds. The van der Waals surface area contributed by atoms with Crippen LogP contribution in [0, 0.1) is 5.92 Å². The number of hydrogen-bond acceptors (Lipinski definition) is 4. The molecule has 6 heteroatoms. The maximum atomic E-state index is 11.7. The summed E-state index contributed by atoms with van der Waals surface area (Å²) in [6.45, 7) is -0.197. The normalized spacial score (nSPS) is 25.3. The van der Waals surface area contributed by atoms with Crippen LogP contribution in [0.1, 0.15) is 24.5 Å². The molecule has 1 aliphatic heterocycles. The lowest BCUT2D eigenvalue weighted by Gasteiger charge is -2.31. The molecule has 0 aromatic heterocycles. The van der Waals surface area contributed by atoms with E-state index in [0.717, 1.165) is 24.1 Å². The lowest BCUT2D eigenvalue weighted by Crippen LogP contribution is -2.49. The summed E-state index contributed by atoms with van der Waals surface area (Å²) < 4.78 is 5.49. The number of aliphatic hydroxyl groups excluding tert-OH is 1. The molecular weight excluding hydrogens is 272 g/mol. The van der Waals surface area contributed by atoms with Gasteiger partial charge in [-0.1, -0.05) is 12.1 Å². The molecule has 1 aliphatic carbocycles. The molecule has 2 unspecified atom stereocenters.